The first-order valence-electron chi connectivity index (χ1n) is 9.22. The van der Waals surface area contributed by atoms with Gasteiger partial charge in [0.15, 0.2) is 6.61 Å². The molecular weight excluding hydrogens is 322 g/mol. The molecule has 132 valence electrons. The summed E-state index contributed by atoms with van der Waals surface area (Å²) in [6.07, 6.45) is 3.56. The van der Waals surface area contributed by atoms with Gasteiger partial charge in [0.1, 0.15) is 5.75 Å². The Morgan fingerprint density at radius 1 is 1.04 bits per heavy atom. The van der Waals surface area contributed by atoms with Crippen LogP contribution in [0.25, 0.3) is 10.8 Å². The summed E-state index contributed by atoms with van der Waals surface area (Å²) >= 11 is 0. The van der Waals surface area contributed by atoms with Crippen LogP contribution in [0.4, 0.5) is 0 Å². The molecule has 3 nitrogen and oxygen atoms in total. The summed E-state index contributed by atoms with van der Waals surface area (Å²) < 4.78 is 5.78. The molecule has 3 heteroatoms. The van der Waals surface area contributed by atoms with Crippen LogP contribution >= 0.6 is 0 Å². The summed E-state index contributed by atoms with van der Waals surface area (Å²) in [5.74, 6) is 0.634. The van der Waals surface area contributed by atoms with Crippen LogP contribution in [0.2, 0.25) is 0 Å². The molecule has 0 aliphatic heterocycles. The number of nitrogens with one attached hydrogen (secondary N) is 1. The third-order valence-corrected chi connectivity index (χ3v) is 5.11. The number of amides is 1. The second-order valence-corrected chi connectivity index (χ2v) is 6.94. The number of rotatable bonds is 5. The molecule has 4 rings (SSSR count). The van der Waals surface area contributed by atoms with Crippen molar-refractivity contribution in [1.82, 2.24) is 5.32 Å². The predicted octanol–water partition coefficient (Wildman–Crippen LogP) is 4.58. The Morgan fingerprint density at radius 3 is 2.77 bits per heavy atom. The first-order valence-corrected chi connectivity index (χ1v) is 9.22. The summed E-state index contributed by atoms with van der Waals surface area (Å²) in [6, 6.07) is 20.5. The van der Waals surface area contributed by atoms with Crippen molar-refractivity contribution in [3.05, 3.63) is 77.4 Å². The number of ether oxygens (including phenoxy) is 1. The molecule has 26 heavy (non-hydrogen) atoms. The van der Waals surface area contributed by atoms with E-state index >= 15 is 0 Å². The number of hydrogen-bond acceptors (Lipinski definition) is 2. The minimum absolute atomic E-state index is 0.0172. The van der Waals surface area contributed by atoms with Gasteiger partial charge in [-0.3, -0.25) is 4.79 Å². The van der Waals surface area contributed by atoms with Crippen LogP contribution in [0.5, 0.6) is 5.75 Å². The molecule has 1 amide bonds. The van der Waals surface area contributed by atoms with Gasteiger partial charge in [-0.25, -0.2) is 0 Å². The standard InChI is InChI=1S/C23H23NO2/c1-16(19-13-12-17-7-4-9-20(17)14-19)24-23(25)15-26-22-11-5-8-18-6-2-3-10-21(18)22/h2-3,5-6,8,10-14,16H,4,7,9,15H2,1H3,(H,24,25)/t16-/m1/s1. The van der Waals surface area contributed by atoms with Crippen LogP contribution in [0.15, 0.2) is 60.7 Å². The third-order valence-electron chi connectivity index (χ3n) is 5.11. The number of carbonyl (C=O) groups excluding carboxylic acids is 1. The molecule has 0 saturated carbocycles. The van der Waals surface area contributed by atoms with Crippen LogP contribution in [0.3, 0.4) is 0 Å². The summed E-state index contributed by atoms with van der Waals surface area (Å²) in [6.45, 7) is 2.04. The number of aryl methyl sites for hydroxylation is 2. The van der Waals surface area contributed by atoms with Crippen LogP contribution in [0.1, 0.15) is 36.1 Å². The van der Waals surface area contributed by atoms with Crippen molar-refractivity contribution >= 4 is 16.7 Å². The first-order chi connectivity index (χ1) is 12.7. The quantitative estimate of drug-likeness (QED) is 0.735. The van der Waals surface area contributed by atoms with Crippen molar-refractivity contribution in [2.45, 2.75) is 32.2 Å². The van der Waals surface area contributed by atoms with Gasteiger partial charge in [0.2, 0.25) is 0 Å². The lowest BCUT2D eigenvalue weighted by molar-refractivity contribution is -0.123. The molecule has 1 N–H and O–H groups in total. The highest BCUT2D eigenvalue weighted by molar-refractivity contribution is 5.88. The lowest BCUT2D eigenvalue weighted by Gasteiger charge is -2.16. The van der Waals surface area contributed by atoms with Gasteiger partial charge < -0.3 is 10.1 Å². The van der Waals surface area contributed by atoms with Gasteiger partial charge in [0, 0.05) is 5.39 Å². The molecule has 0 fully saturated rings. The van der Waals surface area contributed by atoms with E-state index in [4.69, 9.17) is 4.74 Å². The smallest absolute Gasteiger partial charge is 0.258 e. The van der Waals surface area contributed by atoms with Gasteiger partial charge in [-0.15, -0.1) is 0 Å². The second-order valence-electron chi connectivity index (χ2n) is 6.94. The number of fused-ring (bicyclic) bond motifs is 2. The Bertz CT molecular complexity index is 943. The maximum absolute atomic E-state index is 12.3. The monoisotopic (exact) mass is 345 g/mol. The number of carbonyl (C=O) groups is 1. The molecule has 3 aromatic carbocycles. The topological polar surface area (TPSA) is 38.3 Å². The van der Waals surface area contributed by atoms with Crippen molar-refractivity contribution in [1.29, 1.82) is 0 Å². The summed E-state index contributed by atoms with van der Waals surface area (Å²) in [5, 5.41) is 5.17. The summed E-state index contributed by atoms with van der Waals surface area (Å²) in [5.41, 5.74) is 4.03. The van der Waals surface area contributed by atoms with E-state index in [2.05, 4.69) is 23.5 Å². The fourth-order valence-corrected chi connectivity index (χ4v) is 3.69. The molecule has 1 aliphatic rings. The molecule has 0 heterocycles. The van der Waals surface area contributed by atoms with Crippen molar-refractivity contribution in [3.63, 3.8) is 0 Å². The zero-order chi connectivity index (χ0) is 17.9. The average Bonchev–Trinajstić information content (AvgIpc) is 3.14. The average molecular weight is 345 g/mol. The normalized spacial score (nSPS) is 14.0. The highest BCUT2D eigenvalue weighted by Crippen LogP contribution is 2.26. The molecule has 0 saturated heterocycles. The Labute approximate surface area is 154 Å². The Balaban J connectivity index is 1.39. The van der Waals surface area contributed by atoms with Crippen molar-refractivity contribution in [3.8, 4) is 5.75 Å². The van der Waals surface area contributed by atoms with Crippen LogP contribution in [-0.2, 0) is 17.6 Å². The van der Waals surface area contributed by atoms with E-state index in [1.807, 2.05) is 49.4 Å². The van der Waals surface area contributed by atoms with E-state index < -0.39 is 0 Å². The van der Waals surface area contributed by atoms with Crippen molar-refractivity contribution < 1.29 is 9.53 Å². The second kappa shape index (κ2) is 7.20. The highest BCUT2D eigenvalue weighted by Gasteiger charge is 2.15. The molecular formula is C23H23NO2. The van der Waals surface area contributed by atoms with Crippen LogP contribution < -0.4 is 10.1 Å². The van der Waals surface area contributed by atoms with E-state index in [1.54, 1.807) is 0 Å². The van der Waals surface area contributed by atoms with Crippen molar-refractivity contribution in [2.24, 2.45) is 0 Å². The fourth-order valence-electron chi connectivity index (χ4n) is 3.69. The maximum Gasteiger partial charge on any atom is 0.258 e. The van der Waals surface area contributed by atoms with E-state index in [1.165, 1.54) is 24.0 Å². The van der Waals surface area contributed by atoms with Crippen LogP contribution in [-0.4, -0.2) is 12.5 Å². The predicted molar refractivity (Wildman–Crippen MR) is 104 cm³/mol. The zero-order valence-electron chi connectivity index (χ0n) is 15.0. The summed E-state index contributed by atoms with van der Waals surface area (Å²) in [4.78, 5) is 12.3. The Kier molecular flexibility index (Phi) is 4.61. The SMILES string of the molecule is C[C@@H](NC(=O)COc1cccc2ccccc12)c1ccc2c(c1)CCC2. The number of benzene rings is 3. The van der Waals surface area contributed by atoms with Gasteiger partial charge in [0.05, 0.1) is 6.04 Å². The minimum Gasteiger partial charge on any atom is -0.483 e. The molecule has 1 aliphatic carbocycles. The van der Waals surface area contributed by atoms with E-state index in [-0.39, 0.29) is 18.6 Å². The van der Waals surface area contributed by atoms with E-state index in [9.17, 15) is 4.79 Å². The van der Waals surface area contributed by atoms with E-state index in [0.29, 0.717) is 0 Å². The van der Waals surface area contributed by atoms with Gasteiger partial charge in [-0.05, 0) is 54.3 Å². The van der Waals surface area contributed by atoms with Gasteiger partial charge in [0.25, 0.3) is 5.91 Å². The first kappa shape index (κ1) is 16.6. The largest absolute Gasteiger partial charge is 0.483 e. The number of hydrogen-bond donors (Lipinski definition) is 1. The maximum atomic E-state index is 12.3. The molecule has 0 aromatic heterocycles. The molecule has 0 radical (unpaired) electrons. The zero-order valence-corrected chi connectivity index (χ0v) is 15.0. The fraction of sp³-hybridized carbons (Fsp3) is 0.261. The van der Waals surface area contributed by atoms with Gasteiger partial charge >= 0.3 is 0 Å². The lowest BCUT2D eigenvalue weighted by atomic mass is 10.0. The molecule has 0 spiro atoms. The van der Waals surface area contributed by atoms with Gasteiger partial charge in [-0.2, -0.15) is 0 Å². The molecule has 3 aromatic rings. The third kappa shape index (κ3) is 3.43. The molecule has 1 atom stereocenters. The van der Waals surface area contributed by atoms with Crippen molar-refractivity contribution in [2.75, 3.05) is 6.61 Å². The van der Waals surface area contributed by atoms with E-state index in [0.717, 1.165) is 28.5 Å². The minimum atomic E-state index is -0.106. The lowest BCUT2D eigenvalue weighted by Crippen LogP contribution is -2.31. The Morgan fingerprint density at radius 2 is 1.85 bits per heavy atom. The Hall–Kier alpha value is -2.81. The summed E-state index contributed by atoms with van der Waals surface area (Å²) in [7, 11) is 0. The molecule has 0 bridgehead atoms. The van der Waals surface area contributed by atoms with Crippen LogP contribution in [0, 0.1) is 0 Å². The van der Waals surface area contributed by atoms with Gasteiger partial charge in [-0.1, -0.05) is 54.6 Å². The highest BCUT2D eigenvalue weighted by atomic mass is 16.5. The molecule has 0 unspecified atom stereocenters.